The van der Waals surface area contributed by atoms with Gasteiger partial charge in [-0.3, -0.25) is 0 Å². The van der Waals surface area contributed by atoms with Crippen LogP contribution < -0.4 is 10.2 Å². The van der Waals surface area contributed by atoms with E-state index < -0.39 is 0 Å². The fourth-order valence-electron chi connectivity index (χ4n) is 2.81. The highest BCUT2D eigenvalue weighted by Crippen LogP contribution is 2.33. The van der Waals surface area contributed by atoms with E-state index in [0.29, 0.717) is 0 Å². The van der Waals surface area contributed by atoms with Crippen molar-refractivity contribution in [1.29, 1.82) is 0 Å². The average Bonchev–Trinajstić information content (AvgIpc) is 2.51. The lowest BCUT2D eigenvalue weighted by Crippen LogP contribution is -2.52. The summed E-state index contributed by atoms with van der Waals surface area (Å²) >= 11 is 3.61. The van der Waals surface area contributed by atoms with Gasteiger partial charge in [0.1, 0.15) is 0 Å². The van der Waals surface area contributed by atoms with E-state index in [-0.39, 0.29) is 18.2 Å². The Morgan fingerprint density at radius 3 is 2.84 bits per heavy atom. The summed E-state index contributed by atoms with van der Waals surface area (Å²) in [6.07, 6.45) is 1.06. The highest BCUT2D eigenvalue weighted by atomic mass is 79.9. The van der Waals surface area contributed by atoms with Crippen LogP contribution >= 0.6 is 15.9 Å². The monoisotopic (exact) mass is 326 g/mol. The third-order valence-corrected chi connectivity index (χ3v) is 4.81. The lowest BCUT2D eigenvalue weighted by molar-refractivity contribution is 0.245. The van der Waals surface area contributed by atoms with E-state index in [4.69, 9.17) is 0 Å². The molecule has 1 unspecified atom stereocenters. The van der Waals surface area contributed by atoms with E-state index in [0.717, 1.165) is 24.0 Å². The van der Waals surface area contributed by atoms with Crippen molar-refractivity contribution in [2.24, 2.45) is 0 Å². The first-order valence-electron chi connectivity index (χ1n) is 6.83. The molecule has 1 heterocycles. The lowest BCUT2D eigenvalue weighted by atomic mass is 9.95. The zero-order valence-electron chi connectivity index (χ0n) is 11.9. The van der Waals surface area contributed by atoms with Crippen LogP contribution in [0.1, 0.15) is 25.8 Å². The van der Waals surface area contributed by atoms with Crippen molar-refractivity contribution in [1.82, 2.24) is 5.32 Å². The molecule has 1 atom stereocenters. The molecule has 2 N–H and O–H groups in total. The van der Waals surface area contributed by atoms with Gasteiger partial charge in [0.15, 0.2) is 0 Å². The highest BCUT2D eigenvalue weighted by Gasteiger charge is 2.34. The molecule has 1 fully saturated rings. The SMILES string of the molecule is Cc1ccc(N2C(CO)CNCCC2(C)C)cc1Br. The first-order valence-corrected chi connectivity index (χ1v) is 7.62. The first-order chi connectivity index (χ1) is 8.95. The Morgan fingerprint density at radius 1 is 1.47 bits per heavy atom. The van der Waals surface area contributed by atoms with Crippen LogP contribution in [0.3, 0.4) is 0 Å². The summed E-state index contributed by atoms with van der Waals surface area (Å²) in [6, 6.07) is 6.55. The van der Waals surface area contributed by atoms with Crippen LogP contribution in [0, 0.1) is 6.92 Å². The molecule has 0 aliphatic carbocycles. The number of hydrogen-bond acceptors (Lipinski definition) is 3. The van der Waals surface area contributed by atoms with Gasteiger partial charge in [-0.05, 0) is 51.4 Å². The molecule has 2 rings (SSSR count). The van der Waals surface area contributed by atoms with Crippen LogP contribution in [0.4, 0.5) is 5.69 Å². The molecule has 1 saturated heterocycles. The molecule has 1 aliphatic rings. The largest absolute Gasteiger partial charge is 0.394 e. The van der Waals surface area contributed by atoms with Gasteiger partial charge in [0.05, 0.1) is 12.6 Å². The van der Waals surface area contributed by atoms with Crippen molar-refractivity contribution in [3.8, 4) is 0 Å². The zero-order valence-corrected chi connectivity index (χ0v) is 13.5. The maximum absolute atomic E-state index is 9.71. The van der Waals surface area contributed by atoms with Crippen molar-refractivity contribution >= 4 is 21.6 Å². The van der Waals surface area contributed by atoms with Crippen LogP contribution in [0.5, 0.6) is 0 Å². The smallest absolute Gasteiger partial charge is 0.0650 e. The number of nitrogens with one attached hydrogen (secondary N) is 1. The molecule has 0 saturated carbocycles. The predicted molar refractivity (Wildman–Crippen MR) is 83.8 cm³/mol. The topological polar surface area (TPSA) is 35.5 Å². The van der Waals surface area contributed by atoms with Gasteiger partial charge < -0.3 is 15.3 Å². The number of nitrogens with zero attached hydrogens (tertiary/aromatic N) is 1. The van der Waals surface area contributed by atoms with Crippen LogP contribution in [0.2, 0.25) is 0 Å². The van der Waals surface area contributed by atoms with E-state index in [9.17, 15) is 5.11 Å². The summed E-state index contributed by atoms with van der Waals surface area (Å²) in [5.74, 6) is 0. The number of aliphatic hydroxyl groups excluding tert-OH is 1. The summed E-state index contributed by atoms with van der Waals surface area (Å²) in [5.41, 5.74) is 2.44. The molecule has 0 aromatic heterocycles. The van der Waals surface area contributed by atoms with E-state index in [2.05, 4.69) is 65.1 Å². The Kier molecular flexibility index (Phi) is 4.54. The van der Waals surface area contributed by atoms with Crippen LogP contribution in [-0.2, 0) is 0 Å². The number of aliphatic hydroxyl groups is 1. The van der Waals surface area contributed by atoms with Crippen LogP contribution in [0.25, 0.3) is 0 Å². The molecular formula is C15H23BrN2O. The Bertz CT molecular complexity index is 448. The van der Waals surface area contributed by atoms with Crippen LogP contribution in [-0.4, -0.2) is 36.4 Å². The molecule has 0 amide bonds. The molecule has 1 aromatic carbocycles. The van der Waals surface area contributed by atoms with Gasteiger partial charge in [0.2, 0.25) is 0 Å². The molecule has 1 aromatic rings. The summed E-state index contributed by atoms with van der Waals surface area (Å²) in [6.45, 7) is 8.57. The minimum Gasteiger partial charge on any atom is -0.394 e. The molecule has 0 radical (unpaired) electrons. The molecule has 0 bridgehead atoms. The first kappa shape index (κ1) is 14.8. The van der Waals surface area contributed by atoms with Gasteiger partial charge in [0.25, 0.3) is 0 Å². The molecular weight excluding hydrogens is 304 g/mol. The maximum atomic E-state index is 9.71. The fourth-order valence-corrected chi connectivity index (χ4v) is 3.17. The van der Waals surface area contributed by atoms with Crippen molar-refractivity contribution in [2.45, 2.75) is 38.8 Å². The van der Waals surface area contributed by atoms with E-state index in [1.54, 1.807) is 0 Å². The van der Waals surface area contributed by atoms with Crippen molar-refractivity contribution in [3.63, 3.8) is 0 Å². The molecule has 0 spiro atoms. The third kappa shape index (κ3) is 3.12. The second-order valence-electron chi connectivity index (χ2n) is 5.91. The number of halogens is 1. The number of anilines is 1. The Balaban J connectivity index is 2.42. The Labute approximate surface area is 124 Å². The summed E-state index contributed by atoms with van der Waals surface area (Å²) in [4.78, 5) is 2.36. The highest BCUT2D eigenvalue weighted by molar-refractivity contribution is 9.10. The Morgan fingerprint density at radius 2 is 2.21 bits per heavy atom. The number of aryl methyl sites for hydroxylation is 1. The zero-order chi connectivity index (χ0) is 14.0. The molecule has 4 heteroatoms. The Hall–Kier alpha value is -0.580. The third-order valence-electron chi connectivity index (χ3n) is 3.96. The minimum absolute atomic E-state index is 0.0333. The van der Waals surface area contributed by atoms with Crippen molar-refractivity contribution < 1.29 is 5.11 Å². The van der Waals surface area contributed by atoms with Gasteiger partial charge in [-0.2, -0.15) is 0 Å². The summed E-state index contributed by atoms with van der Waals surface area (Å²) in [5, 5.41) is 13.1. The number of rotatable bonds is 2. The number of hydrogen-bond donors (Lipinski definition) is 2. The quantitative estimate of drug-likeness (QED) is 0.877. The minimum atomic E-state index is 0.0333. The van der Waals surface area contributed by atoms with Crippen LogP contribution in [0.15, 0.2) is 22.7 Å². The second-order valence-corrected chi connectivity index (χ2v) is 6.76. The van der Waals surface area contributed by atoms with Crippen molar-refractivity contribution in [3.05, 3.63) is 28.2 Å². The maximum Gasteiger partial charge on any atom is 0.0650 e. The van der Waals surface area contributed by atoms with E-state index in [1.807, 2.05) is 0 Å². The van der Waals surface area contributed by atoms with E-state index in [1.165, 1.54) is 11.3 Å². The summed E-state index contributed by atoms with van der Waals surface area (Å²) in [7, 11) is 0. The molecule has 1 aliphatic heterocycles. The van der Waals surface area contributed by atoms with E-state index >= 15 is 0 Å². The number of benzene rings is 1. The predicted octanol–water partition coefficient (Wildman–Crippen LogP) is 2.70. The van der Waals surface area contributed by atoms with Gasteiger partial charge in [-0.1, -0.05) is 22.0 Å². The normalized spacial score (nSPS) is 23.2. The molecule has 19 heavy (non-hydrogen) atoms. The van der Waals surface area contributed by atoms with Gasteiger partial charge >= 0.3 is 0 Å². The van der Waals surface area contributed by atoms with Gasteiger partial charge in [0, 0.05) is 22.2 Å². The molecule has 3 nitrogen and oxygen atoms in total. The lowest BCUT2D eigenvalue weighted by Gasteiger charge is -2.43. The fraction of sp³-hybridized carbons (Fsp3) is 0.600. The molecule has 106 valence electrons. The van der Waals surface area contributed by atoms with Gasteiger partial charge in [-0.15, -0.1) is 0 Å². The average molecular weight is 327 g/mol. The standard InChI is InChI=1S/C15H23BrN2O/c1-11-4-5-12(8-14(11)16)18-13(10-19)9-17-7-6-15(18,2)3/h4-5,8,13,17,19H,6-7,9-10H2,1-3H3. The second kappa shape index (κ2) is 5.81. The van der Waals surface area contributed by atoms with Crippen molar-refractivity contribution in [2.75, 3.05) is 24.6 Å². The summed E-state index contributed by atoms with van der Waals surface area (Å²) < 4.78 is 1.12. The van der Waals surface area contributed by atoms with Gasteiger partial charge in [-0.25, -0.2) is 0 Å².